The van der Waals surface area contributed by atoms with Crippen LogP contribution in [-0.4, -0.2) is 0 Å². The van der Waals surface area contributed by atoms with Crippen molar-refractivity contribution in [3.8, 4) is 0 Å². The molecule has 0 amide bonds. The van der Waals surface area contributed by atoms with Crippen LogP contribution in [-0.2, 0) is 0 Å². The van der Waals surface area contributed by atoms with Crippen LogP contribution >= 0.6 is 0 Å². The van der Waals surface area contributed by atoms with Gasteiger partial charge in [0.1, 0.15) is 0 Å². The molecule has 0 aliphatic heterocycles. The van der Waals surface area contributed by atoms with E-state index in [2.05, 4.69) is 25.7 Å². The average Bonchev–Trinajstić information content (AvgIpc) is 2.80. The van der Waals surface area contributed by atoms with E-state index in [1.54, 1.807) is 5.57 Å². The summed E-state index contributed by atoms with van der Waals surface area (Å²) in [5.41, 5.74) is 5.31. The Bertz CT molecular complexity index is 423. The minimum Gasteiger partial charge on any atom is -0.0956 e. The Morgan fingerprint density at radius 1 is 1.00 bits per heavy atom. The number of fused-ring (bicyclic) bond motifs is 1. The van der Waals surface area contributed by atoms with Gasteiger partial charge in [-0.05, 0) is 74.7 Å². The summed E-state index contributed by atoms with van der Waals surface area (Å²) in [5, 5.41) is 0. The molecule has 0 bridgehead atoms. The van der Waals surface area contributed by atoms with Gasteiger partial charge in [-0.25, -0.2) is 0 Å². The third kappa shape index (κ3) is 2.59. The van der Waals surface area contributed by atoms with Crippen molar-refractivity contribution in [2.45, 2.75) is 71.1 Å². The second kappa shape index (κ2) is 5.31. The predicted molar refractivity (Wildman–Crippen MR) is 83.1 cm³/mol. The lowest BCUT2D eigenvalue weighted by Gasteiger charge is -2.38. The first-order chi connectivity index (χ1) is 9.19. The topological polar surface area (TPSA) is 0 Å². The molecule has 3 fully saturated rings. The van der Waals surface area contributed by atoms with Crippen molar-refractivity contribution in [1.82, 2.24) is 0 Å². The van der Waals surface area contributed by atoms with Crippen molar-refractivity contribution in [3.63, 3.8) is 0 Å². The van der Waals surface area contributed by atoms with Crippen LogP contribution in [0.5, 0.6) is 0 Å². The fourth-order valence-electron chi connectivity index (χ4n) is 4.63. The third-order valence-electron chi connectivity index (χ3n) is 5.87. The minimum atomic E-state index is 0.631. The van der Waals surface area contributed by atoms with Gasteiger partial charge in [0.2, 0.25) is 0 Å². The Kier molecular flexibility index (Phi) is 3.69. The Labute approximate surface area is 118 Å². The summed E-state index contributed by atoms with van der Waals surface area (Å²) >= 11 is 0. The van der Waals surface area contributed by atoms with Gasteiger partial charge in [-0.1, -0.05) is 43.2 Å². The Hall–Kier alpha value is -0.780. The molecule has 0 unspecified atom stereocenters. The van der Waals surface area contributed by atoms with Gasteiger partial charge in [0.15, 0.2) is 0 Å². The first-order valence-corrected chi connectivity index (χ1v) is 8.27. The molecule has 3 aliphatic carbocycles. The fourth-order valence-corrected chi connectivity index (χ4v) is 4.63. The van der Waals surface area contributed by atoms with Crippen LogP contribution in [0.2, 0.25) is 0 Å². The molecule has 0 radical (unpaired) electrons. The van der Waals surface area contributed by atoms with E-state index in [-0.39, 0.29) is 0 Å². The molecule has 0 aromatic heterocycles. The zero-order chi connectivity index (χ0) is 13.3. The normalized spacial score (nSPS) is 39.8. The van der Waals surface area contributed by atoms with Crippen LogP contribution in [0.1, 0.15) is 71.1 Å². The van der Waals surface area contributed by atoms with E-state index in [9.17, 15) is 0 Å². The van der Waals surface area contributed by atoms with E-state index in [4.69, 9.17) is 0 Å². The van der Waals surface area contributed by atoms with Gasteiger partial charge < -0.3 is 0 Å². The van der Waals surface area contributed by atoms with Crippen molar-refractivity contribution in [2.24, 2.45) is 11.3 Å². The van der Waals surface area contributed by atoms with E-state index in [0.29, 0.717) is 5.41 Å². The van der Waals surface area contributed by atoms with Gasteiger partial charge in [0.05, 0.1) is 0 Å². The monoisotopic (exact) mass is 256 g/mol. The summed E-state index contributed by atoms with van der Waals surface area (Å²) in [6.45, 7) is 6.77. The largest absolute Gasteiger partial charge is 0.0956 e. The molecule has 0 nitrogen and oxygen atoms in total. The van der Waals surface area contributed by atoms with Crippen LogP contribution in [0.15, 0.2) is 35.5 Å². The fraction of sp³-hybridized carbons (Fsp3) is 0.684. The lowest BCUT2D eigenvalue weighted by Crippen LogP contribution is -2.27. The molecule has 0 N–H and O–H groups in total. The van der Waals surface area contributed by atoms with Gasteiger partial charge >= 0.3 is 0 Å². The highest BCUT2D eigenvalue weighted by Crippen LogP contribution is 2.54. The van der Waals surface area contributed by atoms with Crippen LogP contribution in [0.4, 0.5) is 0 Å². The lowest BCUT2D eigenvalue weighted by molar-refractivity contribution is 0.201. The molecule has 3 aliphatic rings. The van der Waals surface area contributed by atoms with Gasteiger partial charge in [0.25, 0.3) is 0 Å². The zero-order valence-electron chi connectivity index (χ0n) is 12.5. The summed E-state index contributed by atoms with van der Waals surface area (Å²) in [4.78, 5) is 0. The molecule has 0 saturated heterocycles. The molecule has 2 atom stereocenters. The van der Waals surface area contributed by atoms with Crippen molar-refractivity contribution < 1.29 is 0 Å². The summed E-state index contributed by atoms with van der Waals surface area (Å²) in [7, 11) is 0. The Balaban J connectivity index is 1.79. The molecule has 0 aromatic carbocycles. The lowest BCUT2D eigenvalue weighted by atomic mass is 9.67. The number of hydrogen-bond donors (Lipinski definition) is 0. The molecule has 104 valence electrons. The third-order valence-corrected chi connectivity index (χ3v) is 5.87. The molecule has 0 aromatic rings. The molecule has 0 heteroatoms. The smallest absolute Gasteiger partial charge is 0.0146 e. The summed E-state index contributed by atoms with van der Waals surface area (Å²) in [5.74, 6) is 0.884. The van der Waals surface area contributed by atoms with Crippen molar-refractivity contribution in [2.75, 3.05) is 0 Å². The SMILES string of the molecule is C=C1CCCCC1=CC=C1CCC[C@]2(C)CCC[C@@H]12. The van der Waals surface area contributed by atoms with E-state index < -0.39 is 0 Å². The molecule has 19 heavy (non-hydrogen) atoms. The van der Waals surface area contributed by atoms with E-state index in [0.717, 1.165) is 5.92 Å². The predicted octanol–water partition coefficient (Wildman–Crippen LogP) is 5.96. The minimum absolute atomic E-state index is 0.631. The molecule has 0 spiro atoms. The highest BCUT2D eigenvalue weighted by Gasteiger charge is 2.42. The molecular formula is C19H28. The maximum Gasteiger partial charge on any atom is -0.0146 e. The quantitative estimate of drug-likeness (QED) is 0.543. The van der Waals surface area contributed by atoms with Gasteiger partial charge in [0, 0.05) is 0 Å². The second-order valence-electron chi connectivity index (χ2n) is 7.20. The van der Waals surface area contributed by atoms with Crippen molar-refractivity contribution in [1.29, 1.82) is 0 Å². The second-order valence-corrected chi connectivity index (χ2v) is 7.20. The molecule has 3 saturated carbocycles. The average molecular weight is 256 g/mol. The van der Waals surface area contributed by atoms with Crippen molar-refractivity contribution in [3.05, 3.63) is 35.5 Å². The molecule has 0 heterocycles. The standard InChI is InChI=1S/C19H28/c1-15-7-3-4-8-16(15)11-12-17-9-5-13-19(2)14-6-10-18(17)19/h11-12,18H,1,3-10,13-14H2,2H3/t18-,19+/m0/s1. The maximum absolute atomic E-state index is 4.24. The van der Waals surface area contributed by atoms with E-state index in [1.807, 2.05) is 0 Å². The maximum atomic E-state index is 4.24. The zero-order valence-corrected chi connectivity index (χ0v) is 12.5. The molecular weight excluding hydrogens is 228 g/mol. The van der Waals surface area contributed by atoms with Crippen LogP contribution in [0.25, 0.3) is 0 Å². The van der Waals surface area contributed by atoms with Crippen LogP contribution in [0.3, 0.4) is 0 Å². The number of rotatable bonds is 1. The summed E-state index contributed by atoms with van der Waals surface area (Å²) in [6.07, 6.45) is 18.6. The number of hydrogen-bond acceptors (Lipinski definition) is 0. The summed E-state index contributed by atoms with van der Waals surface area (Å²) in [6, 6.07) is 0. The van der Waals surface area contributed by atoms with Gasteiger partial charge in [-0.15, -0.1) is 0 Å². The highest BCUT2D eigenvalue weighted by atomic mass is 14.5. The van der Waals surface area contributed by atoms with Gasteiger partial charge in [-0.3, -0.25) is 0 Å². The van der Waals surface area contributed by atoms with Gasteiger partial charge in [-0.2, -0.15) is 0 Å². The molecule has 3 rings (SSSR count). The number of allylic oxidation sites excluding steroid dienone is 5. The summed E-state index contributed by atoms with van der Waals surface area (Å²) < 4.78 is 0. The van der Waals surface area contributed by atoms with Crippen molar-refractivity contribution >= 4 is 0 Å². The first-order valence-electron chi connectivity index (χ1n) is 8.27. The highest BCUT2D eigenvalue weighted by molar-refractivity contribution is 5.35. The first kappa shape index (κ1) is 13.2. The van der Waals surface area contributed by atoms with Crippen LogP contribution in [0, 0.1) is 11.3 Å². The Morgan fingerprint density at radius 3 is 2.63 bits per heavy atom. The Morgan fingerprint density at radius 2 is 1.79 bits per heavy atom. The van der Waals surface area contributed by atoms with Crippen LogP contribution < -0.4 is 0 Å². The van der Waals surface area contributed by atoms with E-state index in [1.165, 1.54) is 75.4 Å². The van der Waals surface area contributed by atoms with E-state index >= 15 is 0 Å².